The third-order valence-corrected chi connectivity index (χ3v) is 3.76. The van der Waals surface area contributed by atoms with E-state index >= 15 is 0 Å². The number of hydrogen-bond acceptors (Lipinski definition) is 3. The molecule has 0 aliphatic heterocycles. The van der Waals surface area contributed by atoms with Crippen molar-refractivity contribution in [3.05, 3.63) is 71.8 Å². The van der Waals surface area contributed by atoms with Crippen molar-refractivity contribution in [1.29, 1.82) is 0 Å². The molecule has 3 aromatic heterocycles. The topological polar surface area (TPSA) is 48.0 Å². The molecule has 0 unspecified atom stereocenters. The van der Waals surface area contributed by atoms with E-state index in [2.05, 4.69) is 14.6 Å². The van der Waals surface area contributed by atoms with Gasteiger partial charge in [-0.1, -0.05) is 29.8 Å². The second kappa shape index (κ2) is 5.27. The molecule has 0 aliphatic carbocycles. The normalized spacial score (nSPS) is 11.1. The van der Waals surface area contributed by atoms with Crippen molar-refractivity contribution in [2.75, 3.05) is 0 Å². The van der Waals surface area contributed by atoms with Crippen molar-refractivity contribution in [3.63, 3.8) is 0 Å². The zero-order chi connectivity index (χ0) is 14.9. The van der Waals surface area contributed by atoms with E-state index in [-0.39, 0.29) is 0 Å². The van der Waals surface area contributed by atoms with Crippen LogP contribution < -0.4 is 0 Å². The molecule has 5 nitrogen and oxygen atoms in total. The summed E-state index contributed by atoms with van der Waals surface area (Å²) in [5.74, 6) is 0. The summed E-state index contributed by atoms with van der Waals surface area (Å²) in [6.07, 6.45) is 5.34. The van der Waals surface area contributed by atoms with Gasteiger partial charge in [-0.3, -0.25) is 0 Å². The number of imidazole rings is 1. The molecule has 0 saturated carbocycles. The standard InChI is InChI=1S/C16H12ClN5/c17-13-6-4-12(5-7-13)16-14(11-22-18-8-9-19-22)21-10-2-1-3-15(21)20-16/h1-10H,11H2. The van der Waals surface area contributed by atoms with Crippen LogP contribution in [0.2, 0.25) is 5.02 Å². The van der Waals surface area contributed by atoms with Crippen molar-refractivity contribution >= 4 is 17.2 Å². The van der Waals surface area contributed by atoms with E-state index in [0.29, 0.717) is 11.6 Å². The Morgan fingerprint density at radius 1 is 0.955 bits per heavy atom. The molecule has 0 N–H and O–H groups in total. The first-order valence-corrected chi connectivity index (χ1v) is 7.25. The summed E-state index contributed by atoms with van der Waals surface area (Å²) in [5.41, 5.74) is 3.87. The van der Waals surface area contributed by atoms with Gasteiger partial charge < -0.3 is 4.40 Å². The van der Waals surface area contributed by atoms with E-state index in [1.165, 1.54) is 0 Å². The first-order valence-electron chi connectivity index (χ1n) is 6.87. The minimum absolute atomic E-state index is 0.552. The van der Waals surface area contributed by atoms with Crippen LogP contribution in [-0.4, -0.2) is 24.4 Å². The molecule has 22 heavy (non-hydrogen) atoms. The average molecular weight is 310 g/mol. The maximum atomic E-state index is 5.98. The van der Waals surface area contributed by atoms with Crippen LogP contribution in [0.4, 0.5) is 0 Å². The molecule has 108 valence electrons. The SMILES string of the molecule is Clc1ccc(-c2nc3ccccn3c2Cn2nccn2)cc1. The smallest absolute Gasteiger partial charge is 0.137 e. The van der Waals surface area contributed by atoms with Crippen molar-refractivity contribution in [3.8, 4) is 11.3 Å². The van der Waals surface area contributed by atoms with Crippen LogP contribution in [0.1, 0.15) is 5.69 Å². The quantitative estimate of drug-likeness (QED) is 0.583. The van der Waals surface area contributed by atoms with Gasteiger partial charge in [-0.05, 0) is 24.3 Å². The van der Waals surface area contributed by atoms with Crippen molar-refractivity contribution < 1.29 is 0 Å². The molecule has 6 heteroatoms. The third kappa shape index (κ3) is 2.25. The molecule has 3 heterocycles. The number of rotatable bonds is 3. The number of pyridine rings is 1. The summed E-state index contributed by atoms with van der Waals surface area (Å²) in [5, 5.41) is 9.09. The Hall–Kier alpha value is -2.66. The van der Waals surface area contributed by atoms with E-state index < -0.39 is 0 Å². The molecule has 0 atom stereocenters. The number of benzene rings is 1. The van der Waals surface area contributed by atoms with Crippen molar-refractivity contribution in [2.45, 2.75) is 6.54 Å². The molecule has 0 saturated heterocycles. The highest BCUT2D eigenvalue weighted by Gasteiger charge is 2.14. The predicted molar refractivity (Wildman–Crippen MR) is 84.8 cm³/mol. The summed E-state index contributed by atoms with van der Waals surface area (Å²) < 4.78 is 2.06. The van der Waals surface area contributed by atoms with Gasteiger partial charge in [0.1, 0.15) is 12.2 Å². The Bertz CT molecular complexity index is 910. The molecule has 0 amide bonds. The fourth-order valence-electron chi connectivity index (χ4n) is 2.50. The maximum Gasteiger partial charge on any atom is 0.137 e. The monoisotopic (exact) mass is 309 g/mol. The summed E-state index contributed by atoms with van der Waals surface area (Å²) in [6, 6.07) is 13.6. The maximum absolute atomic E-state index is 5.98. The number of nitrogens with zero attached hydrogens (tertiary/aromatic N) is 5. The zero-order valence-electron chi connectivity index (χ0n) is 11.6. The average Bonchev–Trinajstić information content (AvgIpc) is 3.17. The van der Waals surface area contributed by atoms with Crippen LogP contribution in [0, 0.1) is 0 Å². The minimum Gasteiger partial charge on any atom is -0.301 e. The molecule has 4 rings (SSSR count). The molecule has 4 aromatic rings. The Balaban J connectivity index is 1.91. The van der Waals surface area contributed by atoms with Gasteiger partial charge in [0.15, 0.2) is 0 Å². The molecular formula is C16H12ClN5. The first-order chi connectivity index (χ1) is 10.8. The van der Waals surface area contributed by atoms with Gasteiger partial charge in [0, 0.05) is 16.8 Å². The lowest BCUT2D eigenvalue weighted by Crippen LogP contribution is -2.07. The summed E-state index contributed by atoms with van der Waals surface area (Å²) >= 11 is 5.98. The van der Waals surface area contributed by atoms with Crippen LogP contribution >= 0.6 is 11.6 Å². The van der Waals surface area contributed by atoms with E-state index in [1.807, 2.05) is 48.7 Å². The lowest BCUT2D eigenvalue weighted by Gasteiger charge is -2.05. The van der Waals surface area contributed by atoms with Gasteiger partial charge in [-0.2, -0.15) is 15.0 Å². The van der Waals surface area contributed by atoms with Crippen LogP contribution in [0.3, 0.4) is 0 Å². The van der Waals surface area contributed by atoms with Gasteiger partial charge in [0.2, 0.25) is 0 Å². The van der Waals surface area contributed by atoms with Crippen LogP contribution in [0.5, 0.6) is 0 Å². The molecule has 0 spiro atoms. The predicted octanol–water partition coefficient (Wildman–Crippen LogP) is 3.29. The Kier molecular flexibility index (Phi) is 3.12. The zero-order valence-corrected chi connectivity index (χ0v) is 12.4. The molecule has 0 fully saturated rings. The molecular weight excluding hydrogens is 298 g/mol. The molecule has 0 aliphatic rings. The molecule has 1 aromatic carbocycles. The number of hydrogen-bond donors (Lipinski definition) is 0. The minimum atomic E-state index is 0.552. The molecule has 0 radical (unpaired) electrons. The van der Waals surface area contributed by atoms with E-state index in [0.717, 1.165) is 22.6 Å². The number of halogens is 1. The highest BCUT2D eigenvalue weighted by Crippen LogP contribution is 2.26. The third-order valence-electron chi connectivity index (χ3n) is 3.50. The summed E-state index contributed by atoms with van der Waals surface area (Å²) in [6.45, 7) is 0.552. The van der Waals surface area contributed by atoms with Gasteiger partial charge in [0.05, 0.1) is 23.8 Å². The van der Waals surface area contributed by atoms with E-state index in [1.54, 1.807) is 17.2 Å². The lowest BCUT2D eigenvalue weighted by molar-refractivity contribution is 0.580. The van der Waals surface area contributed by atoms with Gasteiger partial charge in [-0.25, -0.2) is 4.98 Å². The first kappa shape index (κ1) is 13.0. The van der Waals surface area contributed by atoms with Crippen LogP contribution in [-0.2, 0) is 6.54 Å². The second-order valence-corrected chi connectivity index (χ2v) is 5.34. The summed E-state index contributed by atoms with van der Waals surface area (Å²) in [7, 11) is 0. The highest BCUT2D eigenvalue weighted by atomic mass is 35.5. The fourth-order valence-corrected chi connectivity index (χ4v) is 2.62. The fraction of sp³-hybridized carbons (Fsp3) is 0.0625. The highest BCUT2D eigenvalue weighted by molar-refractivity contribution is 6.30. The number of fused-ring (bicyclic) bond motifs is 1. The Labute approximate surface area is 131 Å². The number of aromatic nitrogens is 5. The van der Waals surface area contributed by atoms with Gasteiger partial charge >= 0.3 is 0 Å². The van der Waals surface area contributed by atoms with Crippen molar-refractivity contribution in [1.82, 2.24) is 24.4 Å². The van der Waals surface area contributed by atoms with Crippen LogP contribution in [0.15, 0.2) is 61.1 Å². The van der Waals surface area contributed by atoms with E-state index in [4.69, 9.17) is 16.6 Å². The van der Waals surface area contributed by atoms with Gasteiger partial charge in [-0.15, -0.1) is 0 Å². The molecule has 0 bridgehead atoms. The second-order valence-electron chi connectivity index (χ2n) is 4.90. The van der Waals surface area contributed by atoms with E-state index in [9.17, 15) is 0 Å². The largest absolute Gasteiger partial charge is 0.301 e. The Morgan fingerprint density at radius 2 is 1.73 bits per heavy atom. The Morgan fingerprint density at radius 3 is 2.50 bits per heavy atom. The summed E-state index contributed by atoms with van der Waals surface area (Å²) in [4.78, 5) is 6.39. The van der Waals surface area contributed by atoms with Crippen LogP contribution in [0.25, 0.3) is 16.9 Å². The van der Waals surface area contributed by atoms with Crippen molar-refractivity contribution in [2.24, 2.45) is 0 Å². The lowest BCUT2D eigenvalue weighted by atomic mass is 10.1. The van der Waals surface area contributed by atoms with Gasteiger partial charge in [0.25, 0.3) is 0 Å².